The van der Waals surface area contributed by atoms with Gasteiger partial charge in [-0.1, -0.05) is 6.42 Å². The lowest BCUT2D eigenvalue weighted by molar-refractivity contribution is -0.117. The van der Waals surface area contributed by atoms with Crippen LogP contribution in [0, 0.1) is 0 Å². The maximum Gasteiger partial charge on any atom is 0.315 e. The fourth-order valence-electron chi connectivity index (χ4n) is 3.87. The van der Waals surface area contributed by atoms with Crippen molar-refractivity contribution < 1.29 is 14.3 Å². The Hall–Kier alpha value is -2.28. The lowest BCUT2D eigenvalue weighted by Crippen LogP contribution is -2.44. The first-order valence-electron chi connectivity index (χ1n) is 10.5. The Balaban J connectivity index is 1.37. The summed E-state index contributed by atoms with van der Waals surface area (Å²) in [7, 11) is 0. The summed E-state index contributed by atoms with van der Waals surface area (Å²) in [5.74, 6) is 0.816. The van der Waals surface area contributed by atoms with Crippen molar-refractivity contribution in [1.29, 1.82) is 0 Å². The average molecular weight is 389 g/mol. The summed E-state index contributed by atoms with van der Waals surface area (Å²) >= 11 is 0. The summed E-state index contributed by atoms with van der Waals surface area (Å²) in [6.07, 6.45) is 5.19. The van der Waals surface area contributed by atoms with E-state index in [-0.39, 0.29) is 18.0 Å². The molecule has 0 bridgehead atoms. The highest BCUT2D eigenvalue weighted by atomic mass is 16.5. The number of piperidine rings is 1. The minimum absolute atomic E-state index is 0.0274. The van der Waals surface area contributed by atoms with Crippen LogP contribution in [-0.2, 0) is 4.79 Å². The molecule has 2 heterocycles. The first kappa shape index (κ1) is 20.5. The highest BCUT2D eigenvalue weighted by Gasteiger charge is 2.31. The van der Waals surface area contributed by atoms with E-state index in [1.165, 1.54) is 32.4 Å². The Bertz CT molecular complexity index is 644. The van der Waals surface area contributed by atoms with Gasteiger partial charge in [0.05, 0.1) is 12.6 Å². The number of urea groups is 1. The molecular weight excluding hydrogens is 356 g/mol. The molecule has 1 aromatic carbocycles. The Labute approximate surface area is 167 Å². The number of amides is 3. The maximum absolute atomic E-state index is 12.3. The van der Waals surface area contributed by atoms with E-state index < -0.39 is 0 Å². The molecule has 154 valence electrons. The van der Waals surface area contributed by atoms with Gasteiger partial charge in [0.15, 0.2) is 0 Å². The fraction of sp³-hybridized carbons (Fsp3) is 0.619. The molecule has 2 saturated heterocycles. The van der Waals surface area contributed by atoms with Gasteiger partial charge in [0.1, 0.15) is 5.75 Å². The third-order valence-corrected chi connectivity index (χ3v) is 5.31. The molecule has 2 N–H and O–H groups in total. The minimum atomic E-state index is -0.190. The lowest BCUT2D eigenvalue weighted by Gasteiger charge is -2.26. The number of ether oxygens (including phenoxy) is 1. The number of rotatable bonds is 8. The molecule has 3 amide bonds. The third-order valence-electron chi connectivity index (χ3n) is 5.31. The van der Waals surface area contributed by atoms with Crippen LogP contribution < -0.4 is 20.3 Å². The van der Waals surface area contributed by atoms with E-state index in [1.807, 2.05) is 31.2 Å². The second-order valence-corrected chi connectivity index (χ2v) is 7.49. The standard InChI is InChI=1S/C21H32N4O3/c1-2-28-19-9-7-18(8-10-19)25-16-17(15-20(25)26)23-21(27)22-11-6-14-24-12-4-3-5-13-24/h7-10,17H,2-6,11-16H2,1H3,(H2,22,23,27). The minimum Gasteiger partial charge on any atom is -0.494 e. The average Bonchev–Trinajstić information content (AvgIpc) is 3.07. The summed E-state index contributed by atoms with van der Waals surface area (Å²) < 4.78 is 5.44. The number of hydrogen-bond acceptors (Lipinski definition) is 4. The van der Waals surface area contributed by atoms with E-state index in [9.17, 15) is 9.59 Å². The van der Waals surface area contributed by atoms with Crippen LogP contribution in [0.1, 0.15) is 39.0 Å². The monoisotopic (exact) mass is 388 g/mol. The van der Waals surface area contributed by atoms with Crippen LogP contribution in [0.15, 0.2) is 24.3 Å². The highest BCUT2D eigenvalue weighted by molar-refractivity contribution is 5.96. The summed E-state index contributed by atoms with van der Waals surface area (Å²) in [5.41, 5.74) is 0.833. The molecule has 0 saturated carbocycles. The molecule has 7 nitrogen and oxygen atoms in total. The molecule has 2 aliphatic heterocycles. The van der Waals surface area contributed by atoms with Crippen LogP contribution in [0.3, 0.4) is 0 Å². The van der Waals surface area contributed by atoms with Crippen LogP contribution in [-0.4, -0.2) is 62.2 Å². The number of likely N-dealkylation sites (tertiary alicyclic amines) is 1. The smallest absolute Gasteiger partial charge is 0.315 e. The molecule has 1 aromatic rings. The first-order valence-corrected chi connectivity index (χ1v) is 10.5. The fourth-order valence-corrected chi connectivity index (χ4v) is 3.87. The number of carbonyl (C=O) groups excluding carboxylic acids is 2. The summed E-state index contributed by atoms with van der Waals surface area (Å²) in [5, 5.41) is 5.85. The van der Waals surface area contributed by atoms with Gasteiger partial charge in [-0.15, -0.1) is 0 Å². The van der Waals surface area contributed by atoms with Gasteiger partial charge in [0, 0.05) is 25.2 Å². The summed E-state index contributed by atoms with van der Waals surface area (Å²) in [6.45, 7) is 7.09. The topological polar surface area (TPSA) is 73.9 Å². The Morgan fingerprint density at radius 2 is 1.93 bits per heavy atom. The molecule has 0 aromatic heterocycles. The molecule has 2 fully saturated rings. The van der Waals surface area contributed by atoms with E-state index in [4.69, 9.17) is 4.74 Å². The number of nitrogens with zero attached hydrogens (tertiary/aromatic N) is 2. The van der Waals surface area contributed by atoms with Crippen molar-refractivity contribution in [2.24, 2.45) is 0 Å². The molecule has 3 rings (SSSR count). The maximum atomic E-state index is 12.3. The van der Waals surface area contributed by atoms with Gasteiger partial charge < -0.3 is 25.2 Å². The molecule has 0 radical (unpaired) electrons. The largest absolute Gasteiger partial charge is 0.494 e. The van der Waals surface area contributed by atoms with E-state index in [1.54, 1.807) is 4.90 Å². The van der Waals surface area contributed by atoms with E-state index in [0.29, 0.717) is 26.1 Å². The molecule has 0 spiro atoms. The first-order chi connectivity index (χ1) is 13.7. The molecule has 1 unspecified atom stereocenters. The van der Waals surface area contributed by atoms with Gasteiger partial charge in [-0.2, -0.15) is 0 Å². The van der Waals surface area contributed by atoms with Crippen molar-refractivity contribution in [2.75, 3.05) is 44.2 Å². The van der Waals surface area contributed by atoms with Gasteiger partial charge in [-0.05, 0) is 70.1 Å². The van der Waals surface area contributed by atoms with Crippen LogP contribution in [0.25, 0.3) is 0 Å². The normalized spacial score (nSPS) is 20.2. The second-order valence-electron chi connectivity index (χ2n) is 7.49. The van der Waals surface area contributed by atoms with E-state index in [0.717, 1.165) is 24.4 Å². The molecule has 7 heteroatoms. The molecular formula is C21H32N4O3. The second kappa shape index (κ2) is 10.3. The van der Waals surface area contributed by atoms with Gasteiger partial charge >= 0.3 is 6.03 Å². The predicted octanol–water partition coefficient (Wildman–Crippen LogP) is 2.37. The zero-order valence-corrected chi connectivity index (χ0v) is 16.8. The molecule has 2 aliphatic rings. The predicted molar refractivity (Wildman–Crippen MR) is 110 cm³/mol. The van der Waals surface area contributed by atoms with Gasteiger partial charge in [0.25, 0.3) is 0 Å². The SMILES string of the molecule is CCOc1ccc(N2CC(NC(=O)NCCCN3CCCCC3)CC2=O)cc1. The van der Waals surface area contributed by atoms with Crippen molar-refractivity contribution in [1.82, 2.24) is 15.5 Å². The van der Waals surface area contributed by atoms with Crippen molar-refractivity contribution in [3.05, 3.63) is 24.3 Å². The van der Waals surface area contributed by atoms with Gasteiger partial charge in [0.2, 0.25) is 5.91 Å². The highest BCUT2D eigenvalue weighted by Crippen LogP contribution is 2.24. The summed E-state index contributed by atoms with van der Waals surface area (Å²) in [6, 6.07) is 7.13. The van der Waals surface area contributed by atoms with Crippen LogP contribution in [0.2, 0.25) is 0 Å². The Morgan fingerprint density at radius 1 is 1.18 bits per heavy atom. The van der Waals surface area contributed by atoms with Crippen molar-refractivity contribution in [2.45, 2.75) is 45.1 Å². The van der Waals surface area contributed by atoms with Crippen LogP contribution in [0.5, 0.6) is 5.75 Å². The van der Waals surface area contributed by atoms with Crippen LogP contribution >= 0.6 is 0 Å². The van der Waals surface area contributed by atoms with Gasteiger partial charge in [-0.3, -0.25) is 4.79 Å². The molecule has 28 heavy (non-hydrogen) atoms. The number of nitrogens with one attached hydrogen (secondary N) is 2. The van der Waals surface area contributed by atoms with E-state index in [2.05, 4.69) is 15.5 Å². The molecule has 0 aliphatic carbocycles. The Kier molecular flexibility index (Phi) is 7.54. The van der Waals surface area contributed by atoms with Crippen molar-refractivity contribution in [3.8, 4) is 5.75 Å². The summed E-state index contributed by atoms with van der Waals surface area (Å²) in [4.78, 5) is 28.6. The van der Waals surface area contributed by atoms with Gasteiger partial charge in [-0.25, -0.2) is 4.79 Å². The zero-order valence-electron chi connectivity index (χ0n) is 16.8. The quantitative estimate of drug-likeness (QED) is 0.671. The van der Waals surface area contributed by atoms with E-state index >= 15 is 0 Å². The lowest BCUT2D eigenvalue weighted by atomic mass is 10.1. The number of hydrogen-bond donors (Lipinski definition) is 2. The van der Waals surface area contributed by atoms with Crippen molar-refractivity contribution >= 4 is 17.6 Å². The molecule has 1 atom stereocenters. The third kappa shape index (κ3) is 5.86. The Morgan fingerprint density at radius 3 is 2.64 bits per heavy atom. The van der Waals surface area contributed by atoms with Crippen LogP contribution in [0.4, 0.5) is 10.5 Å². The number of carbonyl (C=O) groups is 2. The zero-order chi connectivity index (χ0) is 19.8. The number of anilines is 1. The van der Waals surface area contributed by atoms with Crippen molar-refractivity contribution in [3.63, 3.8) is 0 Å². The number of benzene rings is 1.